The van der Waals surface area contributed by atoms with Gasteiger partial charge in [0.05, 0.1) is 18.7 Å². The van der Waals surface area contributed by atoms with Crippen molar-refractivity contribution in [2.24, 2.45) is 0 Å². The van der Waals surface area contributed by atoms with Crippen LogP contribution in [0.4, 0.5) is 4.79 Å². The number of benzene rings is 2. The third-order valence-electron chi connectivity index (χ3n) is 4.46. The molecule has 194 valence electrons. The standard InChI is InChI=1S/C25H26Cl2O9/c1-4-11-33-25(30)35-16(2)24(29)34-15-17-7-9-19(14-22(17)31-3)32-12-5-6-23(28)36-21-10-8-18(26)13-20(21)27/h4,7-10,13-14,16H,1,5-6,11-12,15H2,2-3H3. The minimum absolute atomic E-state index is 0.0332. The summed E-state index contributed by atoms with van der Waals surface area (Å²) in [4.78, 5) is 35.5. The fraction of sp³-hybridized carbons (Fsp3) is 0.320. The summed E-state index contributed by atoms with van der Waals surface area (Å²) < 4.78 is 30.9. The molecule has 1 atom stereocenters. The first kappa shape index (κ1) is 28.8. The molecule has 2 aromatic rings. The molecule has 0 saturated carbocycles. The molecule has 0 aliphatic rings. The van der Waals surface area contributed by atoms with E-state index < -0.39 is 24.2 Å². The molecule has 0 amide bonds. The van der Waals surface area contributed by atoms with Gasteiger partial charge in [-0.15, -0.1) is 0 Å². The van der Waals surface area contributed by atoms with E-state index in [1.807, 2.05) is 0 Å². The summed E-state index contributed by atoms with van der Waals surface area (Å²) in [6.45, 7) is 4.87. The van der Waals surface area contributed by atoms with Gasteiger partial charge < -0.3 is 28.4 Å². The lowest BCUT2D eigenvalue weighted by molar-refractivity contribution is -0.155. The molecule has 0 N–H and O–H groups in total. The van der Waals surface area contributed by atoms with E-state index in [1.54, 1.807) is 24.3 Å². The molecule has 0 aliphatic heterocycles. The Labute approximate surface area is 218 Å². The van der Waals surface area contributed by atoms with Crippen molar-refractivity contribution in [1.82, 2.24) is 0 Å². The molecule has 9 nitrogen and oxygen atoms in total. The number of carbonyl (C=O) groups excluding carboxylic acids is 3. The van der Waals surface area contributed by atoms with E-state index in [-0.39, 0.29) is 37.0 Å². The van der Waals surface area contributed by atoms with Gasteiger partial charge in [-0.25, -0.2) is 9.59 Å². The second kappa shape index (κ2) is 14.9. The van der Waals surface area contributed by atoms with Crippen LogP contribution in [0.5, 0.6) is 17.2 Å². The quantitative estimate of drug-likeness (QED) is 0.140. The summed E-state index contributed by atoms with van der Waals surface area (Å²) in [5, 5.41) is 0.691. The lowest BCUT2D eigenvalue weighted by atomic mass is 10.2. The van der Waals surface area contributed by atoms with Crippen molar-refractivity contribution in [2.45, 2.75) is 32.5 Å². The lowest BCUT2D eigenvalue weighted by Gasteiger charge is -2.14. The molecule has 2 rings (SSSR count). The van der Waals surface area contributed by atoms with Crippen LogP contribution in [0.3, 0.4) is 0 Å². The number of esters is 2. The second-order valence-electron chi connectivity index (χ2n) is 7.19. The van der Waals surface area contributed by atoms with Crippen LogP contribution in [0.2, 0.25) is 10.0 Å². The topological polar surface area (TPSA) is 107 Å². The van der Waals surface area contributed by atoms with E-state index in [9.17, 15) is 14.4 Å². The molecule has 36 heavy (non-hydrogen) atoms. The first-order valence-corrected chi connectivity index (χ1v) is 11.6. The molecule has 0 fully saturated rings. The number of hydrogen-bond acceptors (Lipinski definition) is 9. The smallest absolute Gasteiger partial charge is 0.496 e. The van der Waals surface area contributed by atoms with Crippen LogP contribution >= 0.6 is 23.2 Å². The van der Waals surface area contributed by atoms with Gasteiger partial charge in [-0.3, -0.25) is 4.79 Å². The zero-order valence-electron chi connectivity index (χ0n) is 19.8. The van der Waals surface area contributed by atoms with Crippen LogP contribution in [0.1, 0.15) is 25.3 Å². The third kappa shape index (κ3) is 9.67. The Balaban J connectivity index is 1.78. The Morgan fingerprint density at radius 2 is 1.83 bits per heavy atom. The Kier molecular flexibility index (Phi) is 11.9. The maximum absolute atomic E-state index is 12.1. The van der Waals surface area contributed by atoms with E-state index in [0.717, 1.165) is 0 Å². The van der Waals surface area contributed by atoms with Gasteiger partial charge in [0.1, 0.15) is 30.5 Å². The predicted molar refractivity (Wildman–Crippen MR) is 132 cm³/mol. The van der Waals surface area contributed by atoms with Crippen molar-refractivity contribution in [3.05, 3.63) is 64.7 Å². The van der Waals surface area contributed by atoms with E-state index >= 15 is 0 Å². The van der Waals surface area contributed by atoms with Gasteiger partial charge >= 0.3 is 18.1 Å². The van der Waals surface area contributed by atoms with Crippen LogP contribution in [0.25, 0.3) is 0 Å². The number of carbonyl (C=O) groups is 3. The highest BCUT2D eigenvalue weighted by Gasteiger charge is 2.21. The van der Waals surface area contributed by atoms with E-state index in [2.05, 4.69) is 11.3 Å². The van der Waals surface area contributed by atoms with E-state index in [4.69, 9.17) is 46.9 Å². The minimum Gasteiger partial charge on any atom is -0.496 e. The molecule has 2 aromatic carbocycles. The normalized spacial score (nSPS) is 11.1. The summed E-state index contributed by atoms with van der Waals surface area (Å²) in [5.41, 5.74) is 0.572. The number of hydrogen-bond donors (Lipinski definition) is 0. The highest BCUT2D eigenvalue weighted by Crippen LogP contribution is 2.28. The van der Waals surface area contributed by atoms with Crippen LogP contribution in [0.15, 0.2) is 49.1 Å². The number of rotatable bonds is 13. The van der Waals surface area contributed by atoms with Crippen LogP contribution < -0.4 is 14.2 Å². The highest BCUT2D eigenvalue weighted by molar-refractivity contribution is 6.35. The largest absolute Gasteiger partial charge is 0.509 e. The van der Waals surface area contributed by atoms with Crippen molar-refractivity contribution < 1.29 is 42.8 Å². The molecule has 0 aliphatic carbocycles. The Morgan fingerprint density at radius 1 is 1.06 bits per heavy atom. The SMILES string of the molecule is C=CCOC(=O)OC(C)C(=O)OCc1ccc(OCCCC(=O)Oc2ccc(Cl)cc2Cl)cc1OC. The zero-order chi connectivity index (χ0) is 26.5. The number of ether oxygens (including phenoxy) is 6. The van der Waals surface area contributed by atoms with Crippen molar-refractivity contribution in [3.63, 3.8) is 0 Å². The average Bonchev–Trinajstić information content (AvgIpc) is 2.85. The van der Waals surface area contributed by atoms with Gasteiger partial charge in [0.2, 0.25) is 0 Å². The van der Waals surface area contributed by atoms with Gasteiger partial charge in [0.15, 0.2) is 6.10 Å². The van der Waals surface area contributed by atoms with Crippen molar-refractivity contribution >= 4 is 41.3 Å². The molecule has 0 heterocycles. The fourth-order valence-electron chi connectivity index (χ4n) is 2.69. The molecular weight excluding hydrogens is 515 g/mol. The van der Waals surface area contributed by atoms with Crippen LogP contribution in [-0.4, -0.2) is 44.5 Å². The van der Waals surface area contributed by atoms with Crippen molar-refractivity contribution in [2.75, 3.05) is 20.3 Å². The summed E-state index contributed by atoms with van der Waals surface area (Å²) in [6, 6.07) is 9.56. The van der Waals surface area contributed by atoms with E-state index in [0.29, 0.717) is 28.5 Å². The monoisotopic (exact) mass is 540 g/mol. The zero-order valence-corrected chi connectivity index (χ0v) is 21.3. The Bertz CT molecular complexity index is 1070. The number of halogens is 2. The third-order valence-corrected chi connectivity index (χ3v) is 4.99. The second-order valence-corrected chi connectivity index (χ2v) is 8.04. The first-order chi connectivity index (χ1) is 17.2. The fourth-order valence-corrected chi connectivity index (χ4v) is 3.14. The van der Waals surface area contributed by atoms with Gasteiger partial charge in [-0.1, -0.05) is 35.9 Å². The lowest BCUT2D eigenvalue weighted by Crippen LogP contribution is -2.26. The van der Waals surface area contributed by atoms with Crippen molar-refractivity contribution in [3.8, 4) is 17.2 Å². The maximum atomic E-state index is 12.1. The van der Waals surface area contributed by atoms with Gasteiger partial charge in [0.25, 0.3) is 0 Å². The maximum Gasteiger partial charge on any atom is 0.509 e. The molecule has 0 radical (unpaired) electrons. The summed E-state index contributed by atoms with van der Waals surface area (Å²) >= 11 is 11.8. The molecule has 0 aromatic heterocycles. The molecule has 1 unspecified atom stereocenters. The first-order valence-electron chi connectivity index (χ1n) is 10.8. The average molecular weight is 541 g/mol. The molecule has 0 bridgehead atoms. The van der Waals surface area contributed by atoms with E-state index in [1.165, 1.54) is 32.2 Å². The molecular formula is C25H26Cl2O9. The number of methoxy groups -OCH3 is 1. The summed E-state index contributed by atoms with van der Waals surface area (Å²) in [7, 11) is 1.46. The van der Waals surface area contributed by atoms with Crippen LogP contribution in [-0.2, 0) is 30.4 Å². The molecule has 0 saturated heterocycles. The molecule has 11 heteroatoms. The predicted octanol–water partition coefficient (Wildman–Crippen LogP) is 5.54. The Morgan fingerprint density at radius 3 is 2.53 bits per heavy atom. The van der Waals surface area contributed by atoms with Crippen LogP contribution in [0, 0.1) is 0 Å². The van der Waals surface area contributed by atoms with Gasteiger partial charge in [0, 0.05) is 23.1 Å². The van der Waals surface area contributed by atoms with Crippen molar-refractivity contribution in [1.29, 1.82) is 0 Å². The molecule has 0 spiro atoms. The highest BCUT2D eigenvalue weighted by atomic mass is 35.5. The summed E-state index contributed by atoms with van der Waals surface area (Å²) in [5.74, 6) is -0.0419. The minimum atomic E-state index is -1.15. The summed E-state index contributed by atoms with van der Waals surface area (Å²) in [6.07, 6.45) is -0.263. The van der Waals surface area contributed by atoms with Gasteiger partial charge in [-0.2, -0.15) is 0 Å². The Hall–Kier alpha value is -3.43. The van der Waals surface area contributed by atoms with Gasteiger partial charge in [-0.05, 0) is 43.7 Å².